The number of carbonyl (C=O) groups is 1. The number of nitrogens with zero attached hydrogens (tertiary/aromatic N) is 1. The molecule has 1 unspecified atom stereocenters. The van der Waals surface area contributed by atoms with Crippen LogP contribution in [0.25, 0.3) is 0 Å². The second-order valence-electron chi connectivity index (χ2n) is 5.22. The van der Waals surface area contributed by atoms with Crippen LogP contribution in [-0.2, 0) is 11.3 Å². The smallest absolute Gasteiger partial charge is 0.138 e. The summed E-state index contributed by atoms with van der Waals surface area (Å²) >= 11 is 0. The van der Waals surface area contributed by atoms with Gasteiger partial charge in [0.2, 0.25) is 0 Å². The minimum absolute atomic E-state index is 0.202. The van der Waals surface area contributed by atoms with Gasteiger partial charge in [0.15, 0.2) is 0 Å². The molecule has 2 nitrogen and oxygen atoms in total. The molecule has 0 N–H and O–H groups in total. The summed E-state index contributed by atoms with van der Waals surface area (Å²) in [7, 11) is 0. The van der Waals surface area contributed by atoms with E-state index in [1.807, 2.05) is 6.92 Å². The van der Waals surface area contributed by atoms with Gasteiger partial charge in [-0.3, -0.25) is 9.69 Å². The molecule has 2 heteroatoms. The predicted molar refractivity (Wildman–Crippen MR) is 70.0 cm³/mol. The number of aryl methyl sites for hydroxylation is 2. The van der Waals surface area contributed by atoms with E-state index in [0.717, 1.165) is 19.6 Å². The Kier molecular flexibility index (Phi) is 3.63. The molecule has 1 aliphatic rings. The van der Waals surface area contributed by atoms with Crippen LogP contribution in [0.4, 0.5) is 0 Å². The normalized spacial score (nSPS) is 21.8. The van der Waals surface area contributed by atoms with E-state index >= 15 is 0 Å². The molecule has 0 amide bonds. The predicted octanol–water partition coefficient (Wildman–Crippen LogP) is 2.71. The van der Waals surface area contributed by atoms with Crippen LogP contribution in [0.1, 0.15) is 30.0 Å². The third kappa shape index (κ3) is 2.75. The van der Waals surface area contributed by atoms with Gasteiger partial charge in [-0.25, -0.2) is 0 Å². The Morgan fingerprint density at radius 3 is 2.53 bits per heavy atom. The fraction of sp³-hybridized carbons (Fsp3) is 0.533. The summed E-state index contributed by atoms with van der Waals surface area (Å²) in [5.41, 5.74) is 4.14. The number of hydrogen-bond donors (Lipinski definition) is 0. The molecule has 1 atom stereocenters. The molecular formula is C15H21NO. The van der Waals surface area contributed by atoms with E-state index in [1.54, 1.807) is 0 Å². The van der Waals surface area contributed by atoms with E-state index in [0.29, 0.717) is 12.2 Å². The largest absolute Gasteiger partial charge is 0.299 e. The van der Waals surface area contributed by atoms with Crippen LogP contribution in [0.5, 0.6) is 0 Å². The lowest BCUT2D eigenvalue weighted by Gasteiger charge is -2.30. The summed E-state index contributed by atoms with van der Waals surface area (Å²) in [4.78, 5) is 13.9. The summed E-state index contributed by atoms with van der Waals surface area (Å²) in [6, 6.07) is 6.44. The van der Waals surface area contributed by atoms with Gasteiger partial charge in [-0.2, -0.15) is 0 Å². The van der Waals surface area contributed by atoms with Crippen molar-refractivity contribution >= 4 is 5.78 Å². The topological polar surface area (TPSA) is 20.3 Å². The minimum atomic E-state index is 0.202. The number of likely N-dealkylation sites (tertiary alicyclic amines) is 1. The summed E-state index contributed by atoms with van der Waals surface area (Å²) in [5, 5.41) is 0. The Labute approximate surface area is 104 Å². The SMILES string of the molecule is Cc1cccc(C)c1CN1CCC(=O)C(C)C1. The fourth-order valence-corrected chi connectivity index (χ4v) is 2.56. The zero-order chi connectivity index (χ0) is 12.4. The number of ketones is 1. The van der Waals surface area contributed by atoms with Gasteiger partial charge in [0.1, 0.15) is 5.78 Å². The van der Waals surface area contributed by atoms with Gasteiger partial charge in [0, 0.05) is 32.0 Å². The average Bonchev–Trinajstić information content (AvgIpc) is 2.28. The Bertz CT molecular complexity index is 405. The van der Waals surface area contributed by atoms with Crippen LogP contribution in [0.3, 0.4) is 0 Å². The number of Topliss-reactive ketones (excluding diaryl/α,β-unsaturated/α-hetero) is 1. The Hall–Kier alpha value is -1.15. The molecule has 17 heavy (non-hydrogen) atoms. The highest BCUT2D eigenvalue weighted by atomic mass is 16.1. The molecule has 0 spiro atoms. The number of carbonyl (C=O) groups excluding carboxylic acids is 1. The molecule has 1 aromatic carbocycles. The number of benzene rings is 1. The monoisotopic (exact) mass is 231 g/mol. The zero-order valence-electron chi connectivity index (χ0n) is 11.0. The minimum Gasteiger partial charge on any atom is -0.299 e. The Morgan fingerprint density at radius 2 is 1.94 bits per heavy atom. The summed E-state index contributed by atoms with van der Waals surface area (Å²) in [6.45, 7) is 9.18. The summed E-state index contributed by atoms with van der Waals surface area (Å²) in [6.07, 6.45) is 0.714. The van der Waals surface area contributed by atoms with Gasteiger partial charge in [-0.15, -0.1) is 0 Å². The number of piperidine rings is 1. The van der Waals surface area contributed by atoms with Crippen molar-refractivity contribution < 1.29 is 4.79 Å². The third-order valence-corrected chi connectivity index (χ3v) is 3.78. The average molecular weight is 231 g/mol. The van der Waals surface area contributed by atoms with Gasteiger partial charge < -0.3 is 0 Å². The molecule has 0 aromatic heterocycles. The van der Waals surface area contributed by atoms with Gasteiger partial charge in [-0.1, -0.05) is 25.1 Å². The van der Waals surface area contributed by atoms with E-state index in [9.17, 15) is 4.79 Å². The highest BCUT2D eigenvalue weighted by molar-refractivity contribution is 5.81. The first-order valence-corrected chi connectivity index (χ1v) is 6.38. The van der Waals surface area contributed by atoms with Crippen molar-refractivity contribution in [3.8, 4) is 0 Å². The van der Waals surface area contributed by atoms with E-state index in [2.05, 4.69) is 36.9 Å². The maximum atomic E-state index is 11.5. The van der Waals surface area contributed by atoms with Crippen molar-refractivity contribution in [3.05, 3.63) is 34.9 Å². The van der Waals surface area contributed by atoms with E-state index in [-0.39, 0.29) is 5.92 Å². The van der Waals surface area contributed by atoms with Crippen LogP contribution < -0.4 is 0 Å². The van der Waals surface area contributed by atoms with Crippen molar-refractivity contribution in [2.24, 2.45) is 5.92 Å². The lowest BCUT2D eigenvalue weighted by atomic mass is 9.96. The molecule has 92 valence electrons. The Balaban J connectivity index is 2.09. The molecule has 1 fully saturated rings. The summed E-state index contributed by atoms with van der Waals surface area (Å²) < 4.78 is 0. The van der Waals surface area contributed by atoms with E-state index < -0.39 is 0 Å². The van der Waals surface area contributed by atoms with E-state index in [1.165, 1.54) is 16.7 Å². The van der Waals surface area contributed by atoms with Gasteiger partial charge >= 0.3 is 0 Å². The second kappa shape index (κ2) is 5.01. The molecular weight excluding hydrogens is 210 g/mol. The highest BCUT2D eigenvalue weighted by Gasteiger charge is 2.23. The standard InChI is InChI=1S/C15H21NO/c1-11-5-4-6-12(2)14(11)10-16-8-7-15(17)13(3)9-16/h4-6,13H,7-10H2,1-3H3. The van der Waals surface area contributed by atoms with Crippen molar-refractivity contribution in [3.63, 3.8) is 0 Å². The third-order valence-electron chi connectivity index (χ3n) is 3.78. The van der Waals surface area contributed by atoms with Gasteiger partial charge in [0.05, 0.1) is 0 Å². The second-order valence-corrected chi connectivity index (χ2v) is 5.22. The zero-order valence-corrected chi connectivity index (χ0v) is 11.0. The van der Waals surface area contributed by atoms with Crippen molar-refractivity contribution in [2.45, 2.75) is 33.7 Å². The fourth-order valence-electron chi connectivity index (χ4n) is 2.56. The first kappa shape index (κ1) is 12.3. The lowest BCUT2D eigenvalue weighted by molar-refractivity contribution is -0.125. The first-order valence-electron chi connectivity index (χ1n) is 6.38. The first-order chi connectivity index (χ1) is 8.08. The molecule has 1 aliphatic heterocycles. The van der Waals surface area contributed by atoms with Crippen LogP contribution >= 0.6 is 0 Å². The van der Waals surface area contributed by atoms with E-state index in [4.69, 9.17) is 0 Å². The van der Waals surface area contributed by atoms with Crippen molar-refractivity contribution in [1.29, 1.82) is 0 Å². The van der Waals surface area contributed by atoms with Crippen molar-refractivity contribution in [1.82, 2.24) is 4.90 Å². The maximum absolute atomic E-state index is 11.5. The molecule has 0 aliphatic carbocycles. The molecule has 2 rings (SSSR count). The number of rotatable bonds is 2. The highest BCUT2D eigenvalue weighted by Crippen LogP contribution is 2.19. The Morgan fingerprint density at radius 1 is 1.29 bits per heavy atom. The van der Waals surface area contributed by atoms with Gasteiger partial charge in [0.25, 0.3) is 0 Å². The molecule has 1 saturated heterocycles. The molecule has 0 bridgehead atoms. The van der Waals surface area contributed by atoms with Crippen LogP contribution in [0.2, 0.25) is 0 Å². The lowest BCUT2D eigenvalue weighted by Crippen LogP contribution is -2.39. The van der Waals surface area contributed by atoms with Crippen molar-refractivity contribution in [2.75, 3.05) is 13.1 Å². The summed E-state index contributed by atoms with van der Waals surface area (Å²) in [5.74, 6) is 0.621. The molecule has 1 aromatic rings. The van der Waals surface area contributed by atoms with Gasteiger partial charge in [-0.05, 0) is 30.5 Å². The van der Waals surface area contributed by atoms with Crippen LogP contribution in [0, 0.1) is 19.8 Å². The van der Waals surface area contributed by atoms with Crippen LogP contribution in [-0.4, -0.2) is 23.8 Å². The maximum Gasteiger partial charge on any atom is 0.138 e. The molecule has 0 saturated carbocycles. The van der Waals surface area contributed by atoms with Crippen LogP contribution in [0.15, 0.2) is 18.2 Å². The molecule has 0 radical (unpaired) electrons. The number of hydrogen-bond acceptors (Lipinski definition) is 2. The molecule has 1 heterocycles. The quantitative estimate of drug-likeness (QED) is 0.780.